The largest absolute Gasteiger partial charge is 0.452 e. The number of aryl methyl sites for hydroxylation is 1. The first-order valence-electron chi connectivity index (χ1n) is 8.85. The molecule has 28 heavy (non-hydrogen) atoms. The highest BCUT2D eigenvalue weighted by atomic mass is 79.9. The van der Waals surface area contributed by atoms with Crippen molar-refractivity contribution in [3.05, 3.63) is 88.3 Å². The van der Waals surface area contributed by atoms with Crippen LogP contribution in [0, 0.1) is 0 Å². The van der Waals surface area contributed by atoms with E-state index in [1.807, 2.05) is 60.4 Å². The summed E-state index contributed by atoms with van der Waals surface area (Å²) in [5.74, 6) is 0.794. The number of halogens is 1. The Kier molecular flexibility index (Phi) is 3.91. The molecule has 0 unspecified atom stereocenters. The highest BCUT2D eigenvalue weighted by Crippen LogP contribution is 2.36. The molecule has 0 atom stereocenters. The predicted molar refractivity (Wildman–Crippen MR) is 113 cm³/mol. The van der Waals surface area contributed by atoms with Crippen molar-refractivity contribution < 1.29 is 9.53 Å². The number of carbonyl (C=O) groups excluding carboxylic acids is 1. The third-order valence-corrected chi connectivity index (χ3v) is 5.38. The summed E-state index contributed by atoms with van der Waals surface area (Å²) in [5, 5.41) is 0.997. The minimum Gasteiger partial charge on any atom is -0.452 e. The van der Waals surface area contributed by atoms with Crippen LogP contribution < -0.4 is 4.74 Å². The van der Waals surface area contributed by atoms with Gasteiger partial charge in [0.05, 0.1) is 5.56 Å². The molecule has 0 radical (unpaired) electrons. The molecule has 0 saturated carbocycles. The Labute approximate surface area is 170 Å². The summed E-state index contributed by atoms with van der Waals surface area (Å²) in [6.45, 7) is 0. The van der Waals surface area contributed by atoms with Crippen LogP contribution in [0.1, 0.15) is 15.9 Å². The van der Waals surface area contributed by atoms with Crippen LogP contribution in [0.25, 0.3) is 28.2 Å². The molecule has 0 saturated heterocycles. The maximum Gasteiger partial charge on any atom is 0.232 e. The van der Waals surface area contributed by atoms with Gasteiger partial charge in [0, 0.05) is 34.9 Å². The lowest BCUT2D eigenvalue weighted by molar-refractivity contribution is 0.101. The van der Waals surface area contributed by atoms with E-state index >= 15 is 0 Å². The van der Waals surface area contributed by atoms with Gasteiger partial charge in [0.2, 0.25) is 5.78 Å². The fourth-order valence-corrected chi connectivity index (χ4v) is 3.97. The molecular weight excluding hydrogens is 416 g/mol. The number of nitrogens with zero attached hydrogens (tertiary/aromatic N) is 2. The average molecular weight is 431 g/mol. The Morgan fingerprint density at radius 1 is 1.07 bits per heavy atom. The van der Waals surface area contributed by atoms with Gasteiger partial charge in [0.15, 0.2) is 5.76 Å². The standard InChI is InChI=1S/C23H15BrN2O2/c1-26-13-15(11-20-22(27)18-12-16(24)7-8-19(18)28-20)21-17(9-10-25-23(21)26)14-5-3-2-4-6-14/h2-13H,1H3. The van der Waals surface area contributed by atoms with Crippen LogP contribution in [0.3, 0.4) is 0 Å². The van der Waals surface area contributed by atoms with E-state index in [1.165, 1.54) is 0 Å². The molecule has 0 N–H and O–H groups in total. The van der Waals surface area contributed by atoms with Crippen LogP contribution in [0.2, 0.25) is 0 Å². The topological polar surface area (TPSA) is 44.1 Å². The number of hydrogen-bond donors (Lipinski definition) is 0. The van der Waals surface area contributed by atoms with Gasteiger partial charge in [0.1, 0.15) is 11.4 Å². The second-order valence-electron chi connectivity index (χ2n) is 6.70. The number of carbonyl (C=O) groups is 1. The third-order valence-electron chi connectivity index (χ3n) is 4.89. The van der Waals surface area contributed by atoms with Gasteiger partial charge in [-0.15, -0.1) is 0 Å². The number of ether oxygens (including phenoxy) is 1. The molecule has 5 heteroatoms. The van der Waals surface area contributed by atoms with E-state index in [0.717, 1.165) is 32.2 Å². The monoisotopic (exact) mass is 430 g/mol. The summed E-state index contributed by atoms with van der Waals surface area (Å²) in [4.78, 5) is 17.3. The van der Waals surface area contributed by atoms with E-state index in [-0.39, 0.29) is 5.78 Å². The lowest BCUT2D eigenvalue weighted by Crippen LogP contribution is -1.98. The van der Waals surface area contributed by atoms with Crippen molar-refractivity contribution in [2.45, 2.75) is 0 Å². The number of fused-ring (bicyclic) bond motifs is 2. The zero-order valence-electron chi connectivity index (χ0n) is 15.0. The lowest BCUT2D eigenvalue weighted by Gasteiger charge is -2.05. The zero-order chi connectivity index (χ0) is 19.3. The van der Waals surface area contributed by atoms with Gasteiger partial charge in [-0.1, -0.05) is 46.3 Å². The van der Waals surface area contributed by atoms with E-state index < -0.39 is 0 Å². The van der Waals surface area contributed by atoms with Gasteiger partial charge in [-0.25, -0.2) is 4.98 Å². The van der Waals surface area contributed by atoms with Crippen LogP contribution in [0.4, 0.5) is 0 Å². The summed E-state index contributed by atoms with van der Waals surface area (Å²) in [5.41, 5.74) is 4.51. The van der Waals surface area contributed by atoms with E-state index in [1.54, 1.807) is 12.1 Å². The molecule has 136 valence electrons. The molecule has 1 aliphatic rings. The van der Waals surface area contributed by atoms with E-state index in [9.17, 15) is 4.79 Å². The van der Waals surface area contributed by atoms with Crippen LogP contribution in [-0.2, 0) is 7.05 Å². The molecule has 4 aromatic rings. The summed E-state index contributed by atoms with van der Waals surface area (Å²) in [6.07, 6.45) is 5.60. The maximum absolute atomic E-state index is 12.8. The second kappa shape index (κ2) is 6.46. The smallest absolute Gasteiger partial charge is 0.232 e. The number of Topliss-reactive ketones (excluding diaryl/α,β-unsaturated/α-hetero) is 1. The number of aromatic nitrogens is 2. The molecule has 1 aliphatic heterocycles. The van der Waals surface area contributed by atoms with Gasteiger partial charge < -0.3 is 9.30 Å². The highest BCUT2D eigenvalue weighted by molar-refractivity contribution is 9.10. The van der Waals surface area contributed by atoms with Crippen molar-refractivity contribution in [3.63, 3.8) is 0 Å². The fourth-order valence-electron chi connectivity index (χ4n) is 3.61. The minimum absolute atomic E-state index is 0.113. The number of allylic oxidation sites excluding steroid dienone is 1. The van der Waals surface area contributed by atoms with Gasteiger partial charge >= 0.3 is 0 Å². The number of rotatable bonds is 2. The van der Waals surface area contributed by atoms with Crippen LogP contribution in [0.5, 0.6) is 5.75 Å². The molecule has 3 heterocycles. The lowest BCUT2D eigenvalue weighted by atomic mass is 10.0. The normalized spacial score (nSPS) is 14.5. The zero-order valence-corrected chi connectivity index (χ0v) is 16.6. The van der Waals surface area contributed by atoms with Gasteiger partial charge in [-0.3, -0.25) is 4.79 Å². The Balaban J connectivity index is 1.69. The minimum atomic E-state index is -0.113. The number of hydrogen-bond acceptors (Lipinski definition) is 3. The highest BCUT2D eigenvalue weighted by Gasteiger charge is 2.28. The summed E-state index contributed by atoms with van der Waals surface area (Å²) in [7, 11) is 1.95. The van der Waals surface area contributed by atoms with E-state index in [2.05, 4.69) is 33.0 Å². The molecule has 0 fully saturated rings. The molecule has 5 rings (SSSR count). The molecule has 2 aromatic heterocycles. The molecule has 0 bridgehead atoms. The van der Waals surface area contributed by atoms with E-state index in [0.29, 0.717) is 17.1 Å². The van der Waals surface area contributed by atoms with Crippen molar-refractivity contribution in [2.24, 2.45) is 7.05 Å². The molecule has 4 nitrogen and oxygen atoms in total. The Hall–Kier alpha value is -3.18. The fraction of sp³-hybridized carbons (Fsp3) is 0.0435. The Bertz CT molecular complexity index is 1270. The van der Waals surface area contributed by atoms with Crippen molar-refractivity contribution in [2.75, 3.05) is 0 Å². The van der Waals surface area contributed by atoms with Gasteiger partial charge in [-0.05, 0) is 41.5 Å². The van der Waals surface area contributed by atoms with Crippen LogP contribution in [0.15, 0.2) is 77.2 Å². The Morgan fingerprint density at radius 3 is 2.71 bits per heavy atom. The Morgan fingerprint density at radius 2 is 1.89 bits per heavy atom. The van der Waals surface area contributed by atoms with Gasteiger partial charge in [0.25, 0.3) is 0 Å². The first-order valence-corrected chi connectivity index (χ1v) is 9.64. The molecule has 2 aromatic carbocycles. The van der Waals surface area contributed by atoms with Crippen molar-refractivity contribution >= 4 is 38.8 Å². The average Bonchev–Trinajstić information content (AvgIpc) is 3.20. The van der Waals surface area contributed by atoms with E-state index in [4.69, 9.17) is 4.74 Å². The summed E-state index contributed by atoms with van der Waals surface area (Å²) in [6, 6.07) is 17.6. The van der Waals surface area contributed by atoms with Crippen LogP contribution in [-0.4, -0.2) is 15.3 Å². The molecule has 0 spiro atoms. The number of benzene rings is 2. The first kappa shape index (κ1) is 17.0. The molecular formula is C23H15BrN2O2. The number of ketones is 1. The summed E-state index contributed by atoms with van der Waals surface area (Å²) < 4.78 is 8.66. The first-order chi connectivity index (χ1) is 13.6. The van der Waals surface area contributed by atoms with Crippen molar-refractivity contribution in [3.8, 4) is 16.9 Å². The third kappa shape index (κ3) is 2.67. The van der Waals surface area contributed by atoms with Crippen molar-refractivity contribution in [1.29, 1.82) is 0 Å². The predicted octanol–water partition coefficient (Wildman–Crippen LogP) is 5.62. The maximum atomic E-state index is 12.8. The molecule has 0 amide bonds. The quantitative estimate of drug-likeness (QED) is 0.387. The SMILES string of the molecule is Cn1cc(C=C2Oc3ccc(Br)cc3C2=O)c2c(-c3ccccc3)ccnc21. The number of pyridine rings is 1. The second-order valence-corrected chi connectivity index (χ2v) is 7.61. The molecule has 0 aliphatic carbocycles. The summed E-state index contributed by atoms with van der Waals surface area (Å²) >= 11 is 3.41. The van der Waals surface area contributed by atoms with Gasteiger partial charge in [-0.2, -0.15) is 0 Å². The van der Waals surface area contributed by atoms with Crippen LogP contribution >= 0.6 is 15.9 Å². The van der Waals surface area contributed by atoms with Crippen molar-refractivity contribution in [1.82, 2.24) is 9.55 Å².